The number of fused-ring (bicyclic) bond motifs is 2. The van der Waals surface area contributed by atoms with E-state index in [1.807, 2.05) is 121 Å². The Balaban J connectivity index is 1.06. The number of hydrogen-bond donors (Lipinski definition) is 0. The SMILES string of the molecule is C#CCO[C@@H]1[C@H](O[C@@H]2[C@@H](OC3CCCCC3)O[C@@H]3CO[C@@H](c4ccccc4)O[C@H]3[C@@H]2OCc2ccccc2)O[C@@H]2CO[C@@H](c3ccccc3)O[C@H]2[C@@H]1OCc1ccccc1. The average Bonchev–Trinajstić information content (AvgIpc) is 3.31. The molecule has 4 aromatic carbocycles. The molecule has 4 aliphatic heterocycles. The van der Waals surface area contributed by atoms with Gasteiger partial charge in [-0.25, -0.2) is 0 Å². The molecule has 11 heteroatoms. The van der Waals surface area contributed by atoms with E-state index < -0.39 is 74.0 Å². The van der Waals surface area contributed by atoms with Crippen LogP contribution in [0.1, 0.15) is 66.9 Å². The number of ether oxygens (including phenoxy) is 11. The summed E-state index contributed by atoms with van der Waals surface area (Å²) in [6.45, 7) is 1.06. The zero-order valence-electron chi connectivity index (χ0n) is 33.7. The van der Waals surface area contributed by atoms with Gasteiger partial charge in [-0.15, -0.1) is 6.42 Å². The summed E-state index contributed by atoms with van der Waals surface area (Å²) < 4.78 is 74.2. The van der Waals surface area contributed by atoms with E-state index in [2.05, 4.69) is 5.92 Å². The minimum Gasteiger partial charge on any atom is -0.368 e. The van der Waals surface area contributed by atoms with Crippen LogP contribution in [0.15, 0.2) is 121 Å². The highest BCUT2D eigenvalue weighted by Gasteiger charge is 2.57. The Labute approximate surface area is 352 Å². The maximum atomic E-state index is 7.23. The second-order valence-corrected chi connectivity index (χ2v) is 15.9. The summed E-state index contributed by atoms with van der Waals surface area (Å²) >= 11 is 0. The normalized spacial score (nSPS) is 33.2. The van der Waals surface area contributed by atoms with Crippen molar-refractivity contribution in [2.75, 3.05) is 19.8 Å². The molecule has 9 rings (SSSR count). The monoisotopic (exact) mass is 818 g/mol. The van der Waals surface area contributed by atoms with Crippen LogP contribution in [0.5, 0.6) is 0 Å². The molecule has 0 spiro atoms. The molecule has 316 valence electrons. The van der Waals surface area contributed by atoms with Crippen molar-refractivity contribution in [1.82, 2.24) is 0 Å². The lowest BCUT2D eigenvalue weighted by molar-refractivity contribution is -0.415. The summed E-state index contributed by atoms with van der Waals surface area (Å²) in [4.78, 5) is 0. The van der Waals surface area contributed by atoms with E-state index in [9.17, 15) is 0 Å². The maximum Gasteiger partial charge on any atom is 0.187 e. The number of terminal acetylenes is 1. The molecule has 4 aromatic rings. The summed E-state index contributed by atoms with van der Waals surface area (Å²) in [6.07, 6.45) is 2.53. The van der Waals surface area contributed by atoms with Gasteiger partial charge in [-0.05, 0) is 24.0 Å². The van der Waals surface area contributed by atoms with Crippen molar-refractivity contribution < 1.29 is 52.1 Å². The first kappa shape index (κ1) is 41.4. The van der Waals surface area contributed by atoms with E-state index in [0.29, 0.717) is 13.2 Å². The van der Waals surface area contributed by atoms with Crippen LogP contribution in [-0.4, -0.2) is 87.3 Å². The molecule has 0 unspecified atom stereocenters. The molecule has 0 radical (unpaired) electrons. The first-order valence-electron chi connectivity index (χ1n) is 21.3. The summed E-state index contributed by atoms with van der Waals surface area (Å²) in [6, 6.07) is 39.8. The van der Waals surface area contributed by atoms with E-state index in [-0.39, 0.29) is 25.9 Å². The average molecular weight is 819 g/mol. The predicted octanol–water partition coefficient (Wildman–Crippen LogP) is 7.59. The molecule has 60 heavy (non-hydrogen) atoms. The quantitative estimate of drug-likeness (QED) is 0.118. The molecule has 0 bridgehead atoms. The van der Waals surface area contributed by atoms with Gasteiger partial charge in [0.2, 0.25) is 0 Å². The highest BCUT2D eigenvalue weighted by atomic mass is 16.8. The highest BCUT2D eigenvalue weighted by molar-refractivity contribution is 5.19. The lowest BCUT2D eigenvalue weighted by Crippen LogP contribution is -2.68. The number of benzene rings is 4. The third kappa shape index (κ3) is 9.87. The van der Waals surface area contributed by atoms with Gasteiger partial charge in [0, 0.05) is 11.1 Å². The fourth-order valence-corrected chi connectivity index (χ4v) is 8.79. The molecule has 1 aliphatic carbocycles. The standard InChI is InChI=1S/C49H54O11/c1-2-28-50-44-42(51-29-33-18-8-3-9-19-33)40-38(31-53-46(58-40)35-22-12-5-13-23-35)56-48(44)60-45-43(52-30-34-20-10-4-11-21-34)41-39(57-49(45)55-37-26-16-7-17-27-37)32-54-47(59-41)36-24-14-6-15-25-36/h1,3-6,8-15,18-25,37-49H,7,16-17,26-32H2/t38-,39-,40-,41-,42+,43+,44+,45+,46-,47-,48+,49+/m1/s1. The van der Waals surface area contributed by atoms with Gasteiger partial charge in [0.05, 0.1) is 32.5 Å². The fourth-order valence-electron chi connectivity index (χ4n) is 8.79. The minimum absolute atomic E-state index is 0.0178. The Kier molecular flexibility index (Phi) is 14.0. The van der Waals surface area contributed by atoms with Crippen molar-refractivity contribution in [1.29, 1.82) is 0 Å². The Bertz CT molecular complexity index is 1920. The van der Waals surface area contributed by atoms with E-state index in [0.717, 1.165) is 47.9 Å². The molecule has 11 nitrogen and oxygen atoms in total. The van der Waals surface area contributed by atoms with Crippen molar-refractivity contribution in [3.8, 4) is 12.3 Å². The summed E-state index contributed by atoms with van der Waals surface area (Å²) in [5, 5.41) is 0. The van der Waals surface area contributed by atoms with E-state index in [4.69, 9.17) is 58.5 Å². The first-order valence-corrected chi connectivity index (χ1v) is 21.3. The zero-order chi connectivity index (χ0) is 40.5. The van der Waals surface area contributed by atoms with Crippen LogP contribution >= 0.6 is 0 Å². The van der Waals surface area contributed by atoms with Gasteiger partial charge in [0.25, 0.3) is 0 Å². The van der Waals surface area contributed by atoms with Crippen molar-refractivity contribution in [3.05, 3.63) is 144 Å². The van der Waals surface area contributed by atoms with Crippen LogP contribution in [-0.2, 0) is 65.3 Å². The summed E-state index contributed by atoms with van der Waals surface area (Å²) in [5.74, 6) is 2.65. The first-order chi connectivity index (χ1) is 29.7. The van der Waals surface area contributed by atoms with Gasteiger partial charge in [-0.3, -0.25) is 0 Å². The fraction of sp³-hybridized carbons (Fsp3) is 0.469. The predicted molar refractivity (Wildman–Crippen MR) is 219 cm³/mol. The minimum atomic E-state index is -1.03. The smallest absolute Gasteiger partial charge is 0.187 e. The van der Waals surface area contributed by atoms with Crippen LogP contribution in [0, 0.1) is 12.3 Å². The van der Waals surface area contributed by atoms with Crippen LogP contribution in [0.25, 0.3) is 0 Å². The molecule has 0 N–H and O–H groups in total. The third-order valence-electron chi connectivity index (χ3n) is 11.8. The van der Waals surface area contributed by atoms with Gasteiger partial charge < -0.3 is 52.1 Å². The second kappa shape index (κ2) is 20.2. The zero-order valence-corrected chi connectivity index (χ0v) is 33.7. The molecular formula is C49H54O11. The molecule has 5 fully saturated rings. The lowest BCUT2D eigenvalue weighted by Gasteiger charge is -2.52. The summed E-state index contributed by atoms with van der Waals surface area (Å²) in [5.41, 5.74) is 3.77. The second-order valence-electron chi connectivity index (χ2n) is 15.9. The Morgan fingerprint density at radius 3 is 1.47 bits per heavy atom. The molecule has 1 saturated carbocycles. The number of rotatable bonds is 14. The Morgan fingerprint density at radius 1 is 0.500 bits per heavy atom. The number of hydrogen-bond acceptors (Lipinski definition) is 11. The van der Waals surface area contributed by atoms with Crippen LogP contribution in [0.3, 0.4) is 0 Å². The van der Waals surface area contributed by atoms with Gasteiger partial charge in [-0.1, -0.05) is 147 Å². The molecule has 4 saturated heterocycles. The largest absolute Gasteiger partial charge is 0.368 e. The Hall–Kier alpha value is -4.00. The van der Waals surface area contributed by atoms with Gasteiger partial charge in [-0.2, -0.15) is 0 Å². The molecule has 5 aliphatic rings. The topological polar surface area (TPSA) is 102 Å². The van der Waals surface area contributed by atoms with Gasteiger partial charge in [0.1, 0.15) is 55.4 Å². The molecule has 0 amide bonds. The van der Waals surface area contributed by atoms with E-state index in [1.165, 1.54) is 6.42 Å². The van der Waals surface area contributed by atoms with Crippen molar-refractivity contribution in [2.45, 2.75) is 125 Å². The van der Waals surface area contributed by atoms with E-state index >= 15 is 0 Å². The van der Waals surface area contributed by atoms with Crippen LogP contribution < -0.4 is 0 Å². The van der Waals surface area contributed by atoms with Crippen molar-refractivity contribution in [3.63, 3.8) is 0 Å². The molecule has 4 heterocycles. The lowest BCUT2D eigenvalue weighted by atomic mass is 9.94. The third-order valence-corrected chi connectivity index (χ3v) is 11.8. The Morgan fingerprint density at radius 2 is 0.967 bits per heavy atom. The molecule has 12 atom stereocenters. The van der Waals surface area contributed by atoms with Crippen LogP contribution in [0.2, 0.25) is 0 Å². The van der Waals surface area contributed by atoms with E-state index in [1.54, 1.807) is 0 Å². The van der Waals surface area contributed by atoms with Gasteiger partial charge >= 0.3 is 0 Å². The van der Waals surface area contributed by atoms with Gasteiger partial charge in [0.15, 0.2) is 25.2 Å². The molecule has 0 aromatic heterocycles. The van der Waals surface area contributed by atoms with Crippen LogP contribution in [0.4, 0.5) is 0 Å². The highest BCUT2D eigenvalue weighted by Crippen LogP contribution is 2.42. The summed E-state index contributed by atoms with van der Waals surface area (Å²) in [7, 11) is 0. The maximum absolute atomic E-state index is 7.23. The van der Waals surface area contributed by atoms with Crippen molar-refractivity contribution in [2.24, 2.45) is 0 Å². The van der Waals surface area contributed by atoms with Crippen molar-refractivity contribution >= 4 is 0 Å². The molecular weight excluding hydrogens is 765 g/mol.